The lowest BCUT2D eigenvalue weighted by Crippen LogP contribution is -2.34. The van der Waals surface area contributed by atoms with Gasteiger partial charge in [-0.25, -0.2) is 9.67 Å². The highest BCUT2D eigenvalue weighted by molar-refractivity contribution is 5.95. The highest BCUT2D eigenvalue weighted by Gasteiger charge is 2.36. The first-order chi connectivity index (χ1) is 11.1. The molecule has 1 aliphatic rings. The molecule has 3 rings (SSSR count). The number of nitrogens with two attached hydrogens (primary N) is 1. The Kier molecular flexibility index (Phi) is 4.17. The average molecular weight is 313 g/mol. The first-order valence-electron chi connectivity index (χ1n) is 8.05. The van der Waals surface area contributed by atoms with E-state index in [0.29, 0.717) is 18.7 Å². The van der Waals surface area contributed by atoms with Gasteiger partial charge >= 0.3 is 0 Å². The summed E-state index contributed by atoms with van der Waals surface area (Å²) in [7, 11) is 0. The third-order valence-electron chi connectivity index (χ3n) is 4.64. The molecule has 0 bridgehead atoms. The summed E-state index contributed by atoms with van der Waals surface area (Å²) in [5, 5.41) is 4.39. The van der Waals surface area contributed by atoms with E-state index < -0.39 is 0 Å². The minimum atomic E-state index is 0.0268. The molecule has 2 aromatic heterocycles. The summed E-state index contributed by atoms with van der Waals surface area (Å²) in [5.41, 5.74) is 7.43. The number of carbonyl (C=O) groups is 1. The Labute approximate surface area is 136 Å². The summed E-state index contributed by atoms with van der Waals surface area (Å²) < 4.78 is 1.76. The van der Waals surface area contributed by atoms with Crippen LogP contribution < -0.4 is 5.73 Å². The Morgan fingerprint density at radius 2 is 2.26 bits per heavy atom. The SMILES string of the molecule is CCc1c(C(=O)N2CCC(C)(CN)C2)cnn1-c1ccccn1. The third-order valence-corrected chi connectivity index (χ3v) is 4.64. The summed E-state index contributed by atoms with van der Waals surface area (Å²) in [6.07, 6.45) is 5.06. The van der Waals surface area contributed by atoms with Gasteiger partial charge in [-0.3, -0.25) is 4.79 Å². The van der Waals surface area contributed by atoms with Crippen molar-refractivity contribution in [2.75, 3.05) is 19.6 Å². The molecule has 122 valence electrons. The zero-order valence-corrected chi connectivity index (χ0v) is 13.7. The van der Waals surface area contributed by atoms with Crippen LogP contribution in [-0.2, 0) is 6.42 Å². The second-order valence-electron chi connectivity index (χ2n) is 6.45. The van der Waals surface area contributed by atoms with Gasteiger partial charge in [0.25, 0.3) is 5.91 Å². The number of hydrogen-bond acceptors (Lipinski definition) is 4. The molecule has 2 aromatic rings. The monoisotopic (exact) mass is 313 g/mol. The molecule has 6 nitrogen and oxygen atoms in total. The number of amides is 1. The number of pyridine rings is 1. The van der Waals surface area contributed by atoms with Crippen LogP contribution in [0.1, 0.15) is 36.3 Å². The smallest absolute Gasteiger partial charge is 0.257 e. The third kappa shape index (κ3) is 2.86. The number of likely N-dealkylation sites (tertiary alicyclic amines) is 1. The van der Waals surface area contributed by atoms with Gasteiger partial charge in [0.15, 0.2) is 5.82 Å². The van der Waals surface area contributed by atoms with Crippen LogP contribution in [-0.4, -0.2) is 45.2 Å². The Bertz CT molecular complexity index is 696. The minimum Gasteiger partial charge on any atom is -0.338 e. The van der Waals surface area contributed by atoms with Crippen molar-refractivity contribution in [3.63, 3.8) is 0 Å². The molecule has 0 saturated carbocycles. The van der Waals surface area contributed by atoms with E-state index in [9.17, 15) is 4.79 Å². The maximum atomic E-state index is 12.9. The standard InChI is InChI=1S/C17H23N5O/c1-3-14-13(10-20-22(14)15-6-4-5-8-19-15)16(23)21-9-7-17(2,11-18)12-21/h4-6,8,10H,3,7,9,11-12,18H2,1-2H3. The lowest BCUT2D eigenvalue weighted by molar-refractivity contribution is 0.0776. The Balaban J connectivity index is 1.89. The molecule has 1 amide bonds. The van der Waals surface area contributed by atoms with Gasteiger partial charge < -0.3 is 10.6 Å². The van der Waals surface area contributed by atoms with E-state index in [1.54, 1.807) is 17.1 Å². The van der Waals surface area contributed by atoms with Crippen LogP contribution in [0.2, 0.25) is 0 Å². The number of nitrogens with zero attached hydrogens (tertiary/aromatic N) is 4. The minimum absolute atomic E-state index is 0.0268. The van der Waals surface area contributed by atoms with Crippen LogP contribution in [0, 0.1) is 5.41 Å². The van der Waals surface area contributed by atoms with Crippen LogP contribution in [0.25, 0.3) is 5.82 Å². The van der Waals surface area contributed by atoms with Crippen molar-refractivity contribution in [2.45, 2.75) is 26.7 Å². The molecule has 2 N–H and O–H groups in total. The second kappa shape index (κ2) is 6.12. The number of carbonyl (C=O) groups excluding carboxylic acids is 1. The fraction of sp³-hybridized carbons (Fsp3) is 0.471. The van der Waals surface area contributed by atoms with Crippen LogP contribution >= 0.6 is 0 Å². The Morgan fingerprint density at radius 3 is 2.87 bits per heavy atom. The van der Waals surface area contributed by atoms with Gasteiger partial charge in [0, 0.05) is 19.3 Å². The predicted octanol–water partition coefficient (Wildman–Crippen LogP) is 1.64. The maximum absolute atomic E-state index is 12.9. The molecule has 0 radical (unpaired) electrons. The van der Waals surface area contributed by atoms with Crippen LogP contribution in [0.5, 0.6) is 0 Å². The molecule has 3 heterocycles. The molecule has 0 aliphatic carbocycles. The number of hydrogen-bond donors (Lipinski definition) is 1. The molecule has 1 saturated heterocycles. The topological polar surface area (TPSA) is 77.0 Å². The predicted molar refractivity (Wildman–Crippen MR) is 88.4 cm³/mol. The van der Waals surface area contributed by atoms with Crippen molar-refractivity contribution in [1.82, 2.24) is 19.7 Å². The lowest BCUT2D eigenvalue weighted by Gasteiger charge is -2.22. The van der Waals surface area contributed by atoms with Gasteiger partial charge in [0.1, 0.15) is 0 Å². The quantitative estimate of drug-likeness (QED) is 0.931. The van der Waals surface area contributed by atoms with Crippen molar-refractivity contribution >= 4 is 5.91 Å². The molecule has 0 aromatic carbocycles. The normalized spacial score (nSPS) is 20.9. The number of rotatable bonds is 4. The lowest BCUT2D eigenvalue weighted by atomic mass is 9.90. The second-order valence-corrected chi connectivity index (χ2v) is 6.45. The maximum Gasteiger partial charge on any atom is 0.257 e. The van der Waals surface area contributed by atoms with E-state index in [0.717, 1.165) is 30.9 Å². The fourth-order valence-electron chi connectivity index (χ4n) is 3.10. The van der Waals surface area contributed by atoms with Crippen LogP contribution in [0.4, 0.5) is 0 Å². The zero-order chi connectivity index (χ0) is 16.4. The highest BCUT2D eigenvalue weighted by Crippen LogP contribution is 2.30. The molecular formula is C17H23N5O. The molecule has 0 spiro atoms. The molecular weight excluding hydrogens is 290 g/mol. The van der Waals surface area contributed by atoms with Gasteiger partial charge in [0.05, 0.1) is 17.5 Å². The van der Waals surface area contributed by atoms with E-state index in [-0.39, 0.29) is 11.3 Å². The van der Waals surface area contributed by atoms with Gasteiger partial charge in [-0.05, 0) is 36.9 Å². The van der Waals surface area contributed by atoms with Crippen molar-refractivity contribution in [3.05, 3.63) is 41.9 Å². The molecule has 23 heavy (non-hydrogen) atoms. The van der Waals surface area contributed by atoms with Crippen molar-refractivity contribution in [3.8, 4) is 5.82 Å². The van der Waals surface area contributed by atoms with Gasteiger partial charge in [0.2, 0.25) is 0 Å². The summed E-state index contributed by atoms with van der Waals surface area (Å²) in [6.45, 7) is 6.23. The van der Waals surface area contributed by atoms with Gasteiger partial charge in [-0.2, -0.15) is 5.10 Å². The first kappa shape index (κ1) is 15.7. The first-order valence-corrected chi connectivity index (χ1v) is 8.05. The highest BCUT2D eigenvalue weighted by atomic mass is 16.2. The van der Waals surface area contributed by atoms with Gasteiger partial charge in [-0.1, -0.05) is 19.9 Å². The zero-order valence-electron chi connectivity index (χ0n) is 13.7. The molecule has 6 heteroatoms. The van der Waals surface area contributed by atoms with Crippen molar-refractivity contribution in [1.29, 1.82) is 0 Å². The van der Waals surface area contributed by atoms with E-state index in [1.807, 2.05) is 30.0 Å². The summed E-state index contributed by atoms with van der Waals surface area (Å²) >= 11 is 0. The fourth-order valence-corrected chi connectivity index (χ4v) is 3.10. The van der Waals surface area contributed by atoms with Crippen molar-refractivity contribution < 1.29 is 4.79 Å². The van der Waals surface area contributed by atoms with Crippen LogP contribution in [0.15, 0.2) is 30.6 Å². The molecule has 1 unspecified atom stereocenters. The molecule has 1 aliphatic heterocycles. The van der Waals surface area contributed by atoms with E-state index in [1.165, 1.54) is 0 Å². The molecule has 1 fully saturated rings. The largest absolute Gasteiger partial charge is 0.338 e. The van der Waals surface area contributed by atoms with Crippen LogP contribution in [0.3, 0.4) is 0 Å². The van der Waals surface area contributed by atoms with Crippen molar-refractivity contribution in [2.24, 2.45) is 11.1 Å². The summed E-state index contributed by atoms with van der Waals surface area (Å²) in [6, 6.07) is 5.67. The summed E-state index contributed by atoms with van der Waals surface area (Å²) in [5.74, 6) is 0.776. The van der Waals surface area contributed by atoms with E-state index in [4.69, 9.17) is 5.73 Å². The number of aromatic nitrogens is 3. The van der Waals surface area contributed by atoms with Gasteiger partial charge in [-0.15, -0.1) is 0 Å². The summed E-state index contributed by atoms with van der Waals surface area (Å²) in [4.78, 5) is 19.1. The molecule has 1 atom stereocenters. The van der Waals surface area contributed by atoms with E-state index in [2.05, 4.69) is 17.0 Å². The van der Waals surface area contributed by atoms with E-state index >= 15 is 0 Å². The Morgan fingerprint density at radius 1 is 1.43 bits per heavy atom. The average Bonchev–Trinajstić information content (AvgIpc) is 3.19. The Hall–Kier alpha value is -2.21.